The molecule has 0 aromatic carbocycles. The van der Waals surface area contributed by atoms with Crippen molar-refractivity contribution in [2.75, 3.05) is 12.4 Å². The Morgan fingerprint density at radius 1 is 1.24 bits per heavy atom. The smallest absolute Gasteiger partial charge is 0.264 e. The third-order valence-corrected chi connectivity index (χ3v) is 7.67. The molecule has 6 nitrogen and oxygen atoms in total. The number of aryl methyl sites for hydroxylation is 1. The average Bonchev–Trinajstić information content (AvgIpc) is 3.47. The Bertz CT molecular complexity index is 1110. The van der Waals surface area contributed by atoms with E-state index in [1.807, 2.05) is 19.4 Å². The van der Waals surface area contributed by atoms with Gasteiger partial charge in [-0.05, 0) is 30.4 Å². The zero-order chi connectivity index (χ0) is 20.4. The van der Waals surface area contributed by atoms with Crippen molar-refractivity contribution in [2.24, 2.45) is 0 Å². The molecule has 1 N–H and O–H groups in total. The Morgan fingerprint density at radius 2 is 2.10 bits per heavy atom. The summed E-state index contributed by atoms with van der Waals surface area (Å²) >= 11 is 4.70. The van der Waals surface area contributed by atoms with Gasteiger partial charge in [0, 0.05) is 23.5 Å². The highest BCUT2D eigenvalue weighted by molar-refractivity contribution is 7.20. The van der Waals surface area contributed by atoms with Crippen LogP contribution in [-0.4, -0.2) is 32.8 Å². The number of thiazole rings is 1. The predicted molar refractivity (Wildman–Crippen MR) is 121 cm³/mol. The lowest BCUT2D eigenvalue weighted by molar-refractivity contribution is 0.0789. The SMILES string of the molecule is CCC(Nc1ncnc2sc(C(=O)N(C)Cc3nccs3)c(C)c12)c1cccs1. The first kappa shape index (κ1) is 19.9. The molecule has 0 aliphatic carbocycles. The van der Waals surface area contributed by atoms with Crippen molar-refractivity contribution in [3.05, 3.63) is 55.7 Å². The van der Waals surface area contributed by atoms with Gasteiger partial charge in [0.25, 0.3) is 5.91 Å². The van der Waals surface area contributed by atoms with Crippen molar-refractivity contribution in [2.45, 2.75) is 32.9 Å². The van der Waals surface area contributed by atoms with Crippen LogP contribution in [0.4, 0.5) is 5.82 Å². The number of hydrogen-bond acceptors (Lipinski definition) is 8. The van der Waals surface area contributed by atoms with Crippen molar-refractivity contribution in [3.63, 3.8) is 0 Å². The molecule has 0 aliphatic rings. The predicted octanol–water partition coefficient (Wildman–Crippen LogP) is 5.35. The first-order valence-electron chi connectivity index (χ1n) is 9.26. The van der Waals surface area contributed by atoms with Crippen molar-refractivity contribution in [1.82, 2.24) is 19.9 Å². The van der Waals surface area contributed by atoms with Gasteiger partial charge in [-0.25, -0.2) is 15.0 Å². The van der Waals surface area contributed by atoms with Crippen LogP contribution in [0.1, 0.15) is 44.5 Å². The molecule has 0 aliphatic heterocycles. The second-order valence-corrected chi connectivity index (χ2v) is 9.62. The van der Waals surface area contributed by atoms with Gasteiger partial charge in [-0.2, -0.15) is 0 Å². The summed E-state index contributed by atoms with van der Waals surface area (Å²) in [4.78, 5) is 30.8. The highest BCUT2D eigenvalue weighted by Gasteiger charge is 2.23. The molecular weight excluding hydrogens is 422 g/mol. The summed E-state index contributed by atoms with van der Waals surface area (Å²) in [5.74, 6) is 0.766. The minimum absolute atomic E-state index is 0.0167. The highest BCUT2D eigenvalue weighted by Crippen LogP contribution is 2.36. The molecule has 0 saturated heterocycles. The lowest BCUT2D eigenvalue weighted by Crippen LogP contribution is -2.25. The quantitative estimate of drug-likeness (QED) is 0.417. The number of carbonyl (C=O) groups is 1. The standard InChI is InChI=1S/C20H21N5OS3/c1-4-13(14-6-5-8-27-14)24-18-16-12(2)17(29-19(16)23-11-22-18)20(26)25(3)10-15-21-7-9-28-15/h5-9,11,13H,4,10H2,1-3H3,(H,22,23,24). The van der Waals surface area contributed by atoms with Crippen molar-refractivity contribution in [1.29, 1.82) is 0 Å². The Hall–Kier alpha value is -2.36. The summed E-state index contributed by atoms with van der Waals surface area (Å²) in [5.41, 5.74) is 0.921. The van der Waals surface area contributed by atoms with E-state index in [-0.39, 0.29) is 11.9 Å². The van der Waals surface area contributed by atoms with E-state index in [0.717, 1.165) is 33.0 Å². The van der Waals surface area contributed by atoms with Gasteiger partial charge in [0.15, 0.2) is 0 Å². The molecule has 1 unspecified atom stereocenters. The molecule has 4 aromatic rings. The summed E-state index contributed by atoms with van der Waals surface area (Å²) < 4.78 is 0. The van der Waals surface area contributed by atoms with Gasteiger partial charge in [0.1, 0.15) is 22.0 Å². The van der Waals surface area contributed by atoms with Crippen LogP contribution in [0.15, 0.2) is 35.4 Å². The highest BCUT2D eigenvalue weighted by atomic mass is 32.1. The van der Waals surface area contributed by atoms with E-state index in [0.29, 0.717) is 11.4 Å². The average molecular weight is 444 g/mol. The van der Waals surface area contributed by atoms with E-state index >= 15 is 0 Å². The third-order valence-electron chi connectivity index (χ3n) is 4.73. The molecule has 150 valence electrons. The van der Waals surface area contributed by atoms with Crippen molar-refractivity contribution >= 4 is 56.0 Å². The minimum atomic E-state index is -0.0167. The Kier molecular flexibility index (Phi) is 5.89. The summed E-state index contributed by atoms with van der Waals surface area (Å²) in [6.45, 7) is 4.62. The fraction of sp³-hybridized carbons (Fsp3) is 0.300. The molecular formula is C20H21N5OS3. The van der Waals surface area contributed by atoms with E-state index in [4.69, 9.17) is 0 Å². The maximum absolute atomic E-state index is 13.1. The van der Waals surface area contributed by atoms with Crippen LogP contribution in [0, 0.1) is 6.92 Å². The molecule has 29 heavy (non-hydrogen) atoms. The van der Waals surface area contributed by atoms with Gasteiger partial charge < -0.3 is 10.2 Å². The number of rotatable bonds is 7. The van der Waals surface area contributed by atoms with E-state index in [9.17, 15) is 4.79 Å². The Labute approximate surface area is 181 Å². The number of hydrogen-bond donors (Lipinski definition) is 1. The summed E-state index contributed by atoms with van der Waals surface area (Å²) in [6, 6.07) is 4.37. The second kappa shape index (κ2) is 8.56. The molecule has 0 spiro atoms. The van der Waals surface area contributed by atoms with Gasteiger partial charge in [0.05, 0.1) is 22.8 Å². The number of anilines is 1. The molecule has 4 heterocycles. The fourth-order valence-corrected chi connectivity index (χ4v) is 5.87. The van der Waals surface area contributed by atoms with Crippen LogP contribution in [0.2, 0.25) is 0 Å². The van der Waals surface area contributed by atoms with E-state index in [2.05, 4.69) is 44.7 Å². The van der Waals surface area contributed by atoms with Gasteiger partial charge in [-0.3, -0.25) is 4.79 Å². The molecule has 0 bridgehead atoms. The zero-order valence-electron chi connectivity index (χ0n) is 16.4. The molecule has 4 aromatic heterocycles. The van der Waals surface area contributed by atoms with Gasteiger partial charge >= 0.3 is 0 Å². The van der Waals surface area contributed by atoms with Gasteiger partial charge in [0.2, 0.25) is 0 Å². The normalized spacial score (nSPS) is 12.2. The number of carbonyl (C=O) groups excluding carboxylic acids is 1. The largest absolute Gasteiger partial charge is 0.362 e. The number of thiophene rings is 2. The van der Waals surface area contributed by atoms with Crippen LogP contribution >= 0.6 is 34.0 Å². The van der Waals surface area contributed by atoms with E-state index in [1.54, 1.807) is 40.1 Å². The number of nitrogens with zero attached hydrogens (tertiary/aromatic N) is 4. The number of nitrogens with one attached hydrogen (secondary N) is 1. The maximum atomic E-state index is 13.1. The second-order valence-electron chi connectivity index (χ2n) is 6.67. The molecule has 1 amide bonds. The van der Waals surface area contributed by atoms with Gasteiger partial charge in [-0.1, -0.05) is 13.0 Å². The minimum Gasteiger partial charge on any atom is -0.362 e. The monoisotopic (exact) mass is 443 g/mol. The first-order valence-corrected chi connectivity index (χ1v) is 11.8. The van der Waals surface area contributed by atoms with Crippen LogP contribution < -0.4 is 5.32 Å². The zero-order valence-corrected chi connectivity index (χ0v) is 18.8. The molecule has 0 radical (unpaired) electrons. The van der Waals surface area contributed by atoms with Crippen LogP contribution in [0.25, 0.3) is 10.2 Å². The van der Waals surface area contributed by atoms with E-state index < -0.39 is 0 Å². The third kappa shape index (κ3) is 4.03. The summed E-state index contributed by atoms with van der Waals surface area (Å²) in [6.07, 6.45) is 4.26. The molecule has 4 rings (SSSR count). The Morgan fingerprint density at radius 3 is 2.79 bits per heavy atom. The van der Waals surface area contributed by atoms with Crippen LogP contribution in [-0.2, 0) is 6.54 Å². The maximum Gasteiger partial charge on any atom is 0.264 e. The fourth-order valence-electron chi connectivity index (χ4n) is 3.19. The molecule has 0 fully saturated rings. The number of amides is 1. The van der Waals surface area contributed by atoms with Crippen LogP contribution in [0.5, 0.6) is 0 Å². The van der Waals surface area contributed by atoms with Gasteiger partial charge in [-0.15, -0.1) is 34.0 Å². The lowest BCUT2D eigenvalue weighted by atomic mass is 10.1. The summed E-state index contributed by atoms with van der Waals surface area (Å²) in [7, 11) is 1.81. The molecule has 0 saturated carbocycles. The van der Waals surface area contributed by atoms with E-state index in [1.165, 1.54) is 16.2 Å². The lowest BCUT2D eigenvalue weighted by Gasteiger charge is -2.17. The molecule has 9 heteroatoms. The topological polar surface area (TPSA) is 71.0 Å². The Balaban J connectivity index is 1.65. The van der Waals surface area contributed by atoms with Crippen molar-refractivity contribution in [3.8, 4) is 0 Å². The molecule has 1 atom stereocenters. The number of aromatic nitrogens is 3. The van der Waals surface area contributed by atoms with Crippen LogP contribution in [0.3, 0.4) is 0 Å². The van der Waals surface area contributed by atoms with Crippen molar-refractivity contribution < 1.29 is 4.79 Å². The summed E-state index contributed by atoms with van der Waals surface area (Å²) in [5, 5.41) is 9.42. The first-order chi connectivity index (χ1) is 14.1. The number of fused-ring (bicyclic) bond motifs is 1.